The number of likely N-dealkylation sites (tertiary alicyclic amines) is 1. The number of anilines is 1. The van der Waals surface area contributed by atoms with Gasteiger partial charge in [0.25, 0.3) is 0 Å². The lowest BCUT2D eigenvalue weighted by Crippen LogP contribution is -2.34. The van der Waals surface area contributed by atoms with Gasteiger partial charge in [-0.2, -0.15) is 0 Å². The number of carbonyl (C=O) groups is 1. The van der Waals surface area contributed by atoms with Crippen LogP contribution >= 0.6 is 11.6 Å². The molecule has 1 amide bonds. The summed E-state index contributed by atoms with van der Waals surface area (Å²) in [5, 5.41) is 0.529. The van der Waals surface area contributed by atoms with Crippen LogP contribution in [-0.4, -0.2) is 40.4 Å². The van der Waals surface area contributed by atoms with Crippen LogP contribution in [0.3, 0.4) is 0 Å². The van der Waals surface area contributed by atoms with E-state index in [-0.39, 0.29) is 23.7 Å². The first kappa shape index (κ1) is 17.2. The van der Waals surface area contributed by atoms with Crippen LogP contribution < -0.4 is 4.90 Å². The number of nitrogens with zero attached hydrogens (tertiary/aromatic N) is 4. The molecule has 1 aromatic carbocycles. The summed E-state index contributed by atoms with van der Waals surface area (Å²) in [7, 11) is 0. The number of fused-ring (bicyclic) bond motifs is 1. The zero-order valence-corrected chi connectivity index (χ0v) is 15.4. The van der Waals surface area contributed by atoms with Gasteiger partial charge in [0.2, 0.25) is 5.91 Å². The van der Waals surface area contributed by atoms with Crippen molar-refractivity contribution in [3.63, 3.8) is 0 Å². The Morgan fingerprint density at radius 1 is 1.31 bits per heavy atom. The lowest BCUT2D eigenvalue weighted by atomic mass is 9.89. The van der Waals surface area contributed by atoms with Gasteiger partial charge in [0.1, 0.15) is 16.7 Å². The molecule has 0 N–H and O–H groups in total. The molecule has 1 aromatic heterocycles. The molecule has 2 fully saturated rings. The molecule has 3 atom stereocenters. The van der Waals surface area contributed by atoms with Gasteiger partial charge in [-0.25, -0.2) is 14.4 Å². The van der Waals surface area contributed by atoms with Crippen LogP contribution in [0.4, 0.5) is 10.2 Å². The molecule has 3 heterocycles. The molecule has 2 aromatic rings. The number of aromatic nitrogens is 2. The van der Waals surface area contributed by atoms with Crippen LogP contribution in [0.25, 0.3) is 0 Å². The molecule has 7 heteroatoms. The number of rotatable bonds is 2. The summed E-state index contributed by atoms with van der Waals surface area (Å²) >= 11 is 6.31. The van der Waals surface area contributed by atoms with E-state index in [2.05, 4.69) is 14.9 Å². The van der Waals surface area contributed by atoms with Crippen molar-refractivity contribution in [3.8, 4) is 0 Å². The maximum Gasteiger partial charge on any atom is 0.219 e. The zero-order chi connectivity index (χ0) is 18.4. The largest absolute Gasteiger partial charge is 0.355 e. The van der Waals surface area contributed by atoms with E-state index < -0.39 is 0 Å². The van der Waals surface area contributed by atoms with Gasteiger partial charge in [-0.3, -0.25) is 4.79 Å². The van der Waals surface area contributed by atoms with Gasteiger partial charge >= 0.3 is 0 Å². The van der Waals surface area contributed by atoms with Crippen molar-refractivity contribution < 1.29 is 9.18 Å². The third kappa shape index (κ3) is 2.92. The quantitative estimate of drug-likeness (QED) is 0.809. The van der Waals surface area contributed by atoms with E-state index in [0.717, 1.165) is 24.5 Å². The second kappa shape index (κ2) is 6.50. The standard InChI is InChI=1S/C19H20ClFN4O/c1-11-22-7-17(20)19(23-11)24-8-14-9-25(12(2)26)18(16(14)10-24)13-4-3-5-15(21)6-13/h3-7,14,16,18H,8-10H2,1-2H3/t14-,16-,18+/m1/s1. The first-order valence-electron chi connectivity index (χ1n) is 8.71. The predicted octanol–water partition coefficient (Wildman–Crippen LogP) is 3.23. The lowest BCUT2D eigenvalue weighted by Gasteiger charge is -2.29. The van der Waals surface area contributed by atoms with Gasteiger partial charge in [-0.05, 0) is 24.6 Å². The molecule has 2 aliphatic rings. The maximum absolute atomic E-state index is 13.8. The molecule has 2 saturated heterocycles. The second-order valence-corrected chi connectivity index (χ2v) is 7.50. The molecule has 0 unspecified atom stereocenters. The highest BCUT2D eigenvalue weighted by Gasteiger charge is 2.49. The smallest absolute Gasteiger partial charge is 0.219 e. The highest BCUT2D eigenvalue weighted by atomic mass is 35.5. The molecule has 136 valence electrons. The van der Waals surface area contributed by atoms with E-state index in [1.165, 1.54) is 12.1 Å². The minimum Gasteiger partial charge on any atom is -0.355 e. The van der Waals surface area contributed by atoms with Crippen molar-refractivity contribution in [1.29, 1.82) is 0 Å². The van der Waals surface area contributed by atoms with Crippen LogP contribution in [0, 0.1) is 24.6 Å². The Hall–Kier alpha value is -2.21. The van der Waals surface area contributed by atoms with E-state index in [4.69, 9.17) is 11.6 Å². The van der Waals surface area contributed by atoms with Crippen LogP contribution in [0.15, 0.2) is 30.5 Å². The Morgan fingerprint density at radius 2 is 2.12 bits per heavy atom. The number of aryl methyl sites for hydroxylation is 1. The fourth-order valence-electron chi connectivity index (χ4n) is 4.32. The van der Waals surface area contributed by atoms with Gasteiger partial charge in [0.05, 0.1) is 12.2 Å². The van der Waals surface area contributed by atoms with Crippen molar-refractivity contribution in [2.45, 2.75) is 19.9 Å². The molecular weight excluding hydrogens is 355 g/mol. The Balaban J connectivity index is 1.66. The summed E-state index contributed by atoms with van der Waals surface area (Å²) < 4.78 is 13.8. The summed E-state index contributed by atoms with van der Waals surface area (Å²) in [6, 6.07) is 6.44. The summed E-state index contributed by atoms with van der Waals surface area (Å²) in [6.07, 6.45) is 1.62. The Kier molecular flexibility index (Phi) is 4.31. The Labute approximate surface area is 156 Å². The summed E-state index contributed by atoms with van der Waals surface area (Å²) in [6.45, 7) is 5.58. The van der Waals surface area contributed by atoms with E-state index >= 15 is 0 Å². The minimum absolute atomic E-state index is 0.0242. The Morgan fingerprint density at radius 3 is 2.85 bits per heavy atom. The van der Waals surface area contributed by atoms with Crippen LogP contribution in [-0.2, 0) is 4.79 Å². The van der Waals surface area contributed by atoms with E-state index in [0.29, 0.717) is 23.3 Å². The number of halogens is 2. The number of benzene rings is 1. The highest BCUT2D eigenvalue weighted by Crippen LogP contribution is 2.46. The molecule has 2 aliphatic heterocycles. The van der Waals surface area contributed by atoms with Crippen LogP contribution in [0.5, 0.6) is 0 Å². The summed E-state index contributed by atoms with van der Waals surface area (Å²) in [5.74, 6) is 1.68. The van der Waals surface area contributed by atoms with Crippen molar-refractivity contribution in [2.75, 3.05) is 24.5 Å². The molecule has 0 radical (unpaired) electrons. The van der Waals surface area contributed by atoms with Gasteiger partial charge in [0, 0.05) is 38.4 Å². The second-order valence-electron chi connectivity index (χ2n) is 7.09. The van der Waals surface area contributed by atoms with E-state index in [1.807, 2.05) is 17.9 Å². The van der Waals surface area contributed by atoms with Crippen LogP contribution in [0.1, 0.15) is 24.4 Å². The zero-order valence-electron chi connectivity index (χ0n) is 14.7. The summed E-state index contributed by atoms with van der Waals surface area (Å²) in [4.78, 5) is 24.8. The van der Waals surface area contributed by atoms with Crippen molar-refractivity contribution in [1.82, 2.24) is 14.9 Å². The molecule has 0 aliphatic carbocycles. The third-order valence-electron chi connectivity index (χ3n) is 5.40. The van der Waals surface area contributed by atoms with Crippen molar-refractivity contribution in [2.24, 2.45) is 11.8 Å². The number of amides is 1. The van der Waals surface area contributed by atoms with Gasteiger partial charge in [-0.1, -0.05) is 23.7 Å². The SMILES string of the molecule is CC(=O)N1C[C@H]2CN(c3nc(C)ncc3Cl)C[C@H]2[C@@H]1c1cccc(F)c1. The lowest BCUT2D eigenvalue weighted by molar-refractivity contribution is -0.130. The average Bonchev–Trinajstić information content (AvgIpc) is 3.14. The molecular formula is C19H20ClFN4O. The molecule has 5 nitrogen and oxygen atoms in total. The topological polar surface area (TPSA) is 49.3 Å². The van der Waals surface area contributed by atoms with Crippen LogP contribution in [0.2, 0.25) is 5.02 Å². The minimum atomic E-state index is -0.279. The number of hydrogen-bond donors (Lipinski definition) is 0. The molecule has 0 saturated carbocycles. The van der Waals surface area contributed by atoms with Crippen molar-refractivity contribution in [3.05, 3.63) is 52.7 Å². The van der Waals surface area contributed by atoms with Gasteiger partial charge in [-0.15, -0.1) is 0 Å². The van der Waals surface area contributed by atoms with Gasteiger partial charge in [0.15, 0.2) is 5.82 Å². The normalized spacial score (nSPS) is 24.8. The van der Waals surface area contributed by atoms with E-state index in [1.54, 1.807) is 19.2 Å². The predicted molar refractivity (Wildman–Crippen MR) is 97.5 cm³/mol. The molecule has 4 rings (SSSR count). The van der Waals surface area contributed by atoms with Crippen molar-refractivity contribution >= 4 is 23.3 Å². The number of hydrogen-bond acceptors (Lipinski definition) is 4. The first-order chi connectivity index (χ1) is 12.4. The molecule has 0 spiro atoms. The average molecular weight is 375 g/mol. The fraction of sp³-hybridized carbons (Fsp3) is 0.421. The van der Waals surface area contributed by atoms with E-state index in [9.17, 15) is 9.18 Å². The first-order valence-corrected chi connectivity index (χ1v) is 9.08. The third-order valence-corrected chi connectivity index (χ3v) is 5.67. The monoisotopic (exact) mass is 374 g/mol. The molecule has 0 bridgehead atoms. The highest BCUT2D eigenvalue weighted by molar-refractivity contribution is 6.32. The van der Waals surface area contributed by atoms with Gasteiger partial charge < -0.3 is 9.80 Å². The molecule has 26 heavy (non-hydrogen) atoms. The fourth-order valence-corrected chi connectivity index (χ4v) is 4.54. The Bertz CT molecular complexity index is 861. The summed E-state index contributed by atoms with van der Waals surface area (Å²) in [5.41, 5.74) is 0.847. The maximum atomic E-state index is 13.8. The number of carbonyl (C=O) groups excluding carboxylic acids is 1.